The molecule has 0 bridgehead atoms. The van der Waals surface area contributed by atoms with Crippen LogP contribution in [0.3, 0.4) is 0 Å². The SMILES string of the molecule is CCN1CCC(n2c(=O)[nH]c3cc(C)ccc32)C1. The lowest BCUT2D eigenvalue weighted by molar-refractivity contribution is 0.341. The Bertz CT molecular complexity index is 625. The van der Waals surface area contributed by atoms with E-state index in [4.69, 9.17) is 0 Å². The third-order valence-corrected chi connectivity index (χ3v) is 3.93. The van der Waals surface area contributed by atoms with Crippen LogP contribution in [0.25, 0.3) is 11.0 Å². The summed E-state index contributed by atoms with van der Waals surface area (Å²) < 4.78 is 1.93. The van der Waals surface area contributed by atoms with Gasteiger partial charge in [0, 0.05) is 13.1 Å². The maximum Gasteiger partial charge on any atom is 0.326 e. The molecule has 4 heteroatoms. The maximum absolute atomic E-state index is 12.1. The Hall–Kier alpha value is -1.55. The molecule has 3 rings (SSSR count). The van der Waals surface area contributed by atoms with Gasteiger partial charge in [-0.1, -0.05) is 13.0 Å². The van der Waals surface area contributed by atoms with E-state index in [0.29, 0.717) is 6.04 Å². The fourth-order valence-corrected chi connectivity index (χ4v) is 2.92. The highest BCUT2D eigenvalue weighted by atomic mass is 16.1. The van der Waals surface area contributed by atoms with E-state index >= 15 is 0 Å². The average Bonchev–Trinajstić information content (AvgIpc) is 2.91. The molecule has 1 fully saturated rings. The van der Waals surface area contributed by atoms with Crippen molar-refractivity contribution in [1.82, 2.24) is 14.5 Å². The monoisotopic (exact) mass is 245 g/mol. The largest absolute Gasteiger partial charge is 0.326 e. The fraction of sp³-hybridized carbons (Fsp3) is 0.500. The van der Waals surface area contributed by atoms with E-state index in [2.05, 4.69) is 28.9 Å². The van der Waals surface area contributed by atoms with Gasteiger partial charge in [0.2, 0.25) is 0 Å². The second-order valence-electron chi connectivity index (χ2n) is 5.16. The number of hydrogen-bond acceptors (Lipinski definition) is 2. The van der Waals surface area contributed by atoms with Gasteiger partial charge in [-0.25, -0.2) is 4.79 Å². The number of imidazole rings is 1. The van der Waals surface area contributed by atoms with E-state index in [-0.39, 0.29) is 5.69 Å². The van der Waals surface area contributed by atoms with Crippen LogP contribution in [0, 0.1) is 6.92 Å². The van der Waals surface area contributed by atoms with Crippen LogP contribution in [-0.4, -0.2) is 34.1 Å². The van der Waals surface area contributed by atoms with Gasteiger partial charge in [-0.15, -0.1) is 0 Å². The molecule has 1 unspecified atom stereocenters. The van der Waals surface area contributed by atoms with Crippen LogP contribution in [0.15, 0.2) is 23.0 Å². The third kappa shape index (κ3) is 1.77. The summed E-state index contributed by atoms with van der Waals surface area (Å²) in [7, 11) is 0. The molecule has 1 N–H and O–H groups in total. The first-order valence-corrected chi connectivity index (χ1v) is 6.62. The second kappa shape index (κ2) is 4.28. The smallest absolute Gasteiger partial charge is 0.306 e. The number of aromatic nitrogens is 2. The minimum atomic E-state index is 0.0264. The van der Waals surface area contributed by atoms with E-state index < -0.39 is 0 Å². The fourth-order valence-electron chi connectivity index (χ4n) is 2.92. The molecule has 0 amide bonds. The molecule has 2 heterocycles. The predicted octanol–water partition coefficient (Wildman–Crippen LogP) is 1.90. The quantitative estimate of drug-likeness (QED) is 0.878. The lowest BCUT2D eigenvalue weighted by atomic mass is 10.2. The van der Waals surface area contributed by atoms with Crippen molar-refractivity contribution in [3.05, 3.63) is 34.2 Å². The van der Waals surface area contributed by atoms with Gasteiger partial charge in [-0.05, 0) is 37.6 Å². The van der Waals surface area contributed by atoms with Crippen molar-refractivity contribution >= 4 is 11.0 Å². The number of fused-ring (bicyclic) bond motifs is 1. The molecular formula is C14H19N3O. The summed E-state index contributed by atoms with van der Waals surface area (Å²) in [5, 5.41) is 0. The third-order valence-electron chi connectivity index (χ3n) is 3.93. The highest BCUT2D eigenvalue weighted by Crippen LogP contribution is 2.24. The van der Waals surface area contributed by atoms with Crippen LogP contribution in [0.4, 0.5) is 0 Å². The van der Waals surface area contributed by atoms with Gasteiger partial charge in [0.1, 0.15) is 0 Å². The number of nitrogens with zero attached hydrogens (tertiary/aromatic N) is 2. The highest BCUT2D eigenvalue weighted by molar-refractivity contribution is 5.76. The highest BCUT2D eigenvalue weighted by Gasteiger charge is 2.25. The van der Waals surface area contributed by atoms with E-state index in [1.165, 1.54) is 5.56 Å². The zero-order chi connectivity index (χ0) is 12.7. The van der Waals surface area contributed by atoms with Gasteiger partial charge in [0.25, 0.3) is 0 Å². The van der Waals surface area contributed by atoms with Gasteiger partial charge in [-0.3, -0.25) is 4.57 Å². The van der Waals surface area contributed by atoms with Gasteiger partial charge in [0.15, 0.2) is 0 Å². The van der Waals surface area contributed by atoms with Crippen molar-refractivity contribution < 1.29 is 0 Å². The van der Waals surface area contributed by atoms with Gasteiger partial charge in [0.05, 0.1) is 17.1 Å². The van der Waals surface area contributed by atoms with E-state index in [1.54, 1.807) is 0 Å². The molecule has 1 atom stereocenters. The Morgan fingerprint density at radius 2 is 2.28 bits per heavy atom. The lowest BCUT2D eigenvalue weighted by Crippen LogP contribution is -2.26. The molecule has 0 saturated carbocycles. The summed E-state index contributed by atoms with van der Waals surface area (Å²) in [5.74, 6) is 0. The summed E-state index contributed by atoms with van der Waals surface area (Å²) >= 11 is 0. The number of likely N-dealkylation sites (tertiary alicyclic amines) is 1. The van der Waals surface area contributed by atoms with Gasteiger partial charge in [-0.2, -0.15) is 0 Å². The molecule has 96 valence electrons. The minimum absolute atomic E-state index is 0.0264. The topological polar surface area (TPSA) is 41.0 Å². The molecule has 2 aromatic rings. The Morgan fingerprint density at radius 1 is 1.44 bits per heavy atom. The standard InChI is InChI=1S/C14H19N3O/c1-3-16-7-6-11(9-16)17-13-5-4-10(2)8-12(13)15-14(17)18/h4-5,8,11H,3,6-7,9H2,1-2H3,(H,15,18). The summed E-state index contributed by atoms with van der Waals surface area (Å²) in [6.45, 7) is 7.35. The number of aromatic amines is 1. The maximum atomic E-state index is 12.1. The number of H-pyrrole nitrogens is 1. The van der Waals surface area contributed by atoms with E-state index in [9.17, 15) is 4.79 Å². The van der Waals surface area contributed by atoms with Crippen LogP contribution < -0.4 is 5.69 Å². The van der Waals surface area contributed by atoms with Crippen molar-refractivity contribution in [3.63, 3.8) is 0 Å². The van der Waals surface area contributed by atoms with E-state index in [1.807, 2.05) is 17.6 Å². The number of benzene rings is 1. The zero-order valence-corrected chi connectivity index (χ0v) is 10.9. The first-order chi connectivity index (χ1) is 8.69. The van der Waals surface area contributed by atoms with Crippen molar-refractivity contribution in [2.24, 2.45) is 0 Å². The lowest BCUT2D eigenvalue weighted by Gasteiger charge is -2.14. The Morgan fingerprint density at radius 3 is 3.00 bits per heavy atom. The first-order valence-electron chi connectivity index (χ1n) is 6.62. The number of rotatable bonds is 2. The molecule has 4 nitrogen and oxygen atoms in total. The molecule has 0 spiro atoms. The van der Waals surface area contributed by atoms with Crippen molar-refractivity contribution in [1.29, 1.82) is 0 Å². The summed E-state index contributed by atoms with van der Waals surface area (Å²) in [6.07, 6.45) is 1.06. The summed E-state index contributed by atoms with van der Waals surface area (Å²) in [6, 6.07) is 6.48. The summed E-state index contributed by atoms with van der Waals surface area (Å²) in [4.78, 5) is 17.5. The molecule has 1 aliphatic heterocycles. The molecule has 1 aromatic carbocycles. The van der Waals surface area contributed by atoms with Crippen LogP contribution >= 0.6 is 0 Å². The molecule has 0 aliphatic carbocycles. The number of likely N-dealkylation sites (N-methyl/N-ethyl adjacent to an activating group) is 1. The molecule has 1 aliphatic rings. The van der Waals surface area contributed by atoms with Gasteiger partial charge < -0.3 is 9.88 Å². The molecular weight excluding hydrogens is 226 g/mol. The minimum Gasteiger partial charge on any atom is -0.306 e. The first kappa shape index (κ1) is 11.5. The Balaban J connectivity index is 2.07. The van der Waals surface area contributed by atoms with E-state index in [0.717, 1.165) is 37.1 Å². The van der Waals surface area contributed by atoms with Crippen molar-refractivity contribution in [2.75, 3.05) is 19.6 Å². The average molecular weight is 245 g/mol. The van der Waals surface area contributed by atoms with Crippen LogP contribution in [0.5, 0.6) is 0 Å². The van der Waals surface area contributed by atoms with Crippen molar-refractivity contribution in [3.8, 4) is 0 Å². The number of nitrogens with one attached hydrogen (secondary N) is 1. The molecule has 1 saturated heterocycles. The predicted molar refractivity (Wildman–Crippen MR) is 73.1 cm³/mol. The molecule has 0 radical (unpaired) electrons. The Kier molecular flexibility index (Phi) is 2.74. The van der Waals surface area contributed by atoms with Crippen LogP contribution in [0.2, 0.25) is 0 Å². The van der Waals surface area contributed by atoms with Gasteiger partial charge >= 0.3 is 5.69 Å². The summed E-state index contributed by atoms with van der Waals surface area (Å²) in [5.41, 5.74) is 3.19. The number of aryl methyl sites for hydroxylation is 1. The number of hydrogen-bond donors (Lipinski definition) is 1. The van der Waals surface area contributed by atoms with Crippen LogP contribution in [-0.2, 0) is 0 Å². The molecule has 18 heavy (non-hydrogen) atoms. The molecule has 1 aromatic heterocycles. The second-order valence-corrected chi connectivity index (χ2v) is 5.16. The Labute approximate surface area is 106 Å². The van der Waals surface area contributed by atoms with Crippen molar-refractivity contribution in [2.45, 2.75) is 26.3 Å². The zero-order valence-electron chi connectivity index (χ0n) is 10.9. The normalized spacial score (nSPS) is 20.9. The van der Waals surface area contributed by atoms with Crippen LogP contribution in [0.1, 0.15) is 24.9 Å².